The molecule has 0 unspecified atom stereocenters. The van der Waals surface area contributed by atoms with Crippen LogP contribution in [-0.2, 0) is 0 Å². The number of hydrogen-bond acceptors (Lipinski definition) is 4. The molecule has 1 aliphatic heterocycles. The second-order valence-corrected chi connectivity index (χ2v) is 4.61. The Bertz CT molecular complexity index is 746. The van der Waals surface area contributed by atoms with Crippen LogP contribution in [0.25, 0.3) is 5.70 Å². The number of carbonyl (C=O) groups excluding carboxylic acids is 1. The summed E-state index contributed by atoms with van der Waals surface area (Å²) in [5.41, 5.74) is 6.18. The molecule has 6 heteroatoms. The van der Waals surface area contributed by atoms with Crippen molar-refractivity contribution in [2.75, 3.05) is 6.79 Å². The number of carbonyl (C=O) groups is 1. The first-order valence-electron chi connectivity index (χ1n) is 6.55. The second-order valence-electron chi connectivity index (χ2n) is 4.61. The van der Waals surface area contributed by atoms with E-state index < -0.39 is 11.7 Å². The highest BCUT2D eigenvalue weighted by atomic mass is 19.1. The molecule has 2 aromatic rings. The Kier molecular flexibility index (Phi) is 3.65. The van der Waals surface area contributed by atoms with Gasteiger partial charge >= 0.3 is 0 Å². The molecule has 5 nitrogen and oxygen atoms in total. The molecule has 1 aliphatic rings. The summed E-state index contributed by atoms with van der Waals surface area (Å²) in [6.07, 6.45) is 0. The molecule has 22 heavy (non-hydrogen) atoms. The monoisotopic (exact) mass is 300 g/mol. The molecule has 0 bridgehead atoms. The fraction of sp³-hybridized carbons (Fsp3) is 0.0625. The number of hydrogen-bond donors (Lipinski definition) is 2. The number of hydrazine groups is 1. The largest absolute Gasteiger partial charge is 0.454 e. The van der Waals surface area contributed by atoms with Gasteiger partial charge in [-0.15, -0.1) is 0 Å². The Balaban J connectivity index is 1.65. The van der Waals surface area contributed by atoms with Gasteiger partial charge in [0.25, 0.3) is 5.91 Å². The summed E-state index contributed by atoms with van der Waals surface area (Å²) < 4.78 is 24.0. The number of benzene rings is 2. The van der Waals surface area contributed by atoms with E-state index in [0.29, 0.717) is 17.2 Å². The van der Waals surface area contributed by atoms with Gasteiger partial charge in [-0.3, -0.25) is 15.6 Å². The maximum Gasteiger partial charge on any atom is 0.272 e. The summed E-state index contributed by atoms with van der Waals surface area (Å²) >= 11 is 0. The van der Waals surface area contributed by atoms with Crippen LogP contribution in [-0.4, -0.2) is 12.7 Å². The van der Waals surface area contributed by atoms with Gasteiger partial charge in [0.2, 0.25) is 6.79 Å². The van der Waals surface area contributed by atoms with E-state index >= 15 is 0 Å². The maximum atomic E-state index is 13.5. The average Bonchev–Trinajstić information content (AvgIpc) is 3.00. The van der Waals surface area contributed by atoms with Crippen molar-refractivity contribution in [1.29, 1.82) is 0 Å². The zero-order valence-electron chi connectivity index (χ0n) is 11.6. The maximum absolute atomic E-state index is 13.5. The van der Waals surface area contributed by atoms with Crippen molar-refractivity contribution in [3.8, 4) is 11.5 Å². The molecular formula is C16H13FN2O3. The van der Waals surface area contributed by atoms with Gasteiger partial charge < -0.3 is 9.47 Å². The van der Waals surface area contributed by atoms with Gasteiger partial charge in [0.15, 0.2) is 11.5 Å². The predicted molar refractivity (Wildman–Crippen MR) is 78.6 cm³/mol. The van der Waals surface area contributed by atoms with Crippen LogP contribution in [0.5, 0.6) is 11.5 Å². The van der Waals surface area contributed by atoms with Gasteiger partial charge in [-0.25, -0.2) is 4.39 Å². The van der Waals surface area contributed by atoms with Crippen molar-refractivity contribution in [3.05, 3.63) is 66.0 Å². The molecule has 0 saturated heterocycles. The SMILES string of the molecule is C=C(NNC(=O)c1ccccc1F)c1ccc2c(c1)OCO2. The first-order chi connectivity index (χ1) is 10.6. The Morgan fingerprint density at radius 1 is 1.09 bits per heavy atom. The van der Waals surface area contributed by atoms with Gasteiger partial charge in [-0.05, 0) is 30.3 Å². The molecule has 0 atom stereocenters. The number of rotatable bonds is 4. The highest BCUT2D eigenvalue weighted by molar-refractivity contribution is 5.94. The van der Waals surface area contributed by atoms with Crippen molar-refractivity contribution in [2.45, 2.75) is 0 Å². The predicted octanol–water partition coefficient (Wildman–Crippen LogP) is 2.46. The summed E-state index contributed by atoms with van der Waals surface area (Å²) in [5, 5.41) is 0. The second kappa shape index (κ2) is 5.77. The third-order valence-electron chi connectivity index (χ3n) is 3.17. The first kappa shape index (κ1) is 13.9. The summed E-state index contributed by atoms with van der Waals surface area (Å²) in [7, 11) is 0. The third kappa shape index (κ3) is 2.71. The quantitative estimate of drug-likeness (QED) is 0.852. The summed E-state index contributed by atoms with van der Waals surface area (Å²) in [6.45, 7) is 4.01. The lowest BCUT2D eigenvalue weighted by Gasteiger charge is -2.12. The highest BCUT2D eigenvalue weighted by Crippen LogP contribution is 2.33. The molecule has 0 radical (unpaired) electrons. The smallest absolute Gasteiger partial charge is 0.272 e. The minimum atomic E-state index is -0.588. The molecule has 2 aromatic carbocycles. The molecule has 1 heterocycles. The van der Waals surface area contributed by atoms with Crippen LogP contribution in [0.4, 0.5) is 4.39 Å². The van der Waals surface area contributed by atoms with Crippen LogP contribution < -0.4 is 20.3 Å². The van der Waals surface area contributed by atoms with Crippen molar-refractivity contribution in [2.24, 2.45) is 0 Å². The Labute approximate surface area is 126 Å². The van der Waals surface area contributed by atoms with Crippen molar-refractivity contribution in [3.63, 3.8) is 0 Å². The lowest BCUT2D eigenvalue weighted by atomic mass is 10.1. The lowest BCUT2D eigenvalue weighted by molar-refractivity contribution is 0.0938. The Hall–Kier alpha value is -3.02. The van der Waals surface area contributed by atoms with Crippen LogP contribution in [0.1, 0.15) is 15.9 Å². The van der Waals surface area contributed by atoms with Gasteiger partial charge in [0.1, 0.15) is 5.82 Å². The molecular weight excluding hydrogens is 287 g/mol. The summed E-state index contributed by atoms with van der Waals surface area (Å²) in [6, 6.07) is 11.0. The highest BCUT2D eigenvalue weighted by Gasteiger charge is 2.15. The van der Waals surface area contributed by atoms with Crippen LogP contribution in [0.3, 0.4) is 0 Å². The van der Waals surface area contributed by atoms with E-state index in [4.69, 9.17) is 9.47 Å². The third-order valence-corrected chi connectivity index (χ3v) is 3.17. The van der Waals surface area contributed by atoms with E-state index in [0.717, 1.165) is 5.56 Å². The van der Waals surface area contributed by atoms with E-state index in [2.05, 4.69) is 17.4 Å². The Morgan fingerprint density at radius 3 is 2.68 bits per heavy atom. The van der Waals surface area contributed by atoms with Crippen molar-refractivity contribution < 1.29 is 18.7 Å². The van der Waals surface area contributed by atoms with E-state index in [-0.39, 0.29) is 12.4 Å². The van der Waals surface area contributed by atoms with Crippen molar-refractivity contribution >= 4 is 11.6 Å². The molecule has 0 spiro atoms. The summed E-state index contributed by atoms with van der Waals surface area (Å²) in [5.74, 6) is 0.100. The lowest BCUT2D eigenvalue weighted by Crippen LogP contribution is -2.36. The molecule has 3 rings (SSSR count). The average molecular weight is 300 g/mol. The van der Waals surface area contributed by atoms with Crippen LogP contribution in [0.15, 0.2) is 49.0 Å². The van der Waals surface area contributed by atoms with Crippen molar-refractivity contribution in [1.82, 2.24) is 10.9 Å². The number of ether oxygens (including phenoxy) is 2. The van der Waals surface area contributed by atoms with E-state index in [1.54, 1.807) is 24.3 Å². The minimum absolute atomic E-state index is 0.0477. The molecule has 2 N–H and O–H groups in total. The topological polar surface area (TPSA) is 59.6 Å². The zero-order chi connectivity index (χ0) is 15.5. The summed E-state index contributed by atoms with van der Waals surface area (Å²) in [4.78, 5) is 11.9. The normalized spacial score (nSPS) is 11.9. The molecule has 0 fully saturated rings. The van der Waals surface area contributed by atoms with Gasteiger partial charge in [0.05, 0.1) is 11.3 Å². The molecule has 0 aliphatic carbocycles. The minimum Gasteiger partial charge on any atom is -0.454 e. The van der Waals surface area contributed by atoms with E-state index in [1.807, 2.05) is 0 Å². The Morgan fingerprint density at radius 2 is 1.86 bits per heavy atom. The van der Waals surface area contributed by atoms with Gasteiger partial charge in [-0.2, -0.15) is 0 Å². The molecule has 0 aromatic heterocycles. The number of halogens is 1. The van der Waals surface area contributed by atoms with Crippen LogP contribution in [0, 0.1) is 5.82 Å². The number of fused-ring (bicyclic) bond motifs is 1. The zero-order valence-corrected chi connectivity index (χ0v) is 11.6. The van der Waals surface area contributed by atoms with E-state index in [1.165, 1.54) is 18.2 Å². The van der Waals surface area contributed by atoms with Crippen LogP contribution >= 0.6 is 0 Å². The van der Waals surface area contributed by atoms with Crippen LogP contribution in [0.2, 0.25) is 0 Å². The van der Waals surface area contributed by atoms with Gasteiger partial charge in [0, 0.05) is 5.56 Å². The fourth-order valence-electron chi connectivity index (χ4n) is 2.00. The standard InChI is InChI=1S/C16H13FN2O3/c1-10(11-6-7-14-15(8-11)22-9-21-14)18-19-16(20)12-4-2-3-5-13(12)17/h2-8,18H,1,9H2,(H,19,20). The fourth-order valence-corrected chi connectivity index (χ4v) is 2.00. The molecule has 1 amide bonds. The molecule has 112 valence electrons. The first-order valence-corrected chi connectivity index (χ1v) is 6.55. The number of amides is 1. The van der Waals surface area contributed by atoms with E-state index in [9.17, 15) is 9.18 Å². The number of nitrogens with one attached hydrogen (secondary N) is 2. The van der Waals surface area contributed by atoms with Gasteiger partial charge in [-0.1, -0.05) is 18.7 Å². The molecule has 0 saturated carbocycles.